The van der Waals surface area contributed by atoms with Crippen LogP contribution in [0.4, 0.5) is 8.78 Å². The van der Waals surface area contributed by atoms with Crippen molar-refractivity contribution in [2.75, 3.05) is 13.1 Å². The lowest BCUT2D eigenvalue weighted by Crippen LogP contribution is -2.39. The van der Waals surface area contributed by atoms with Crippen LogP contribution in [0.15, 0.2) is 46.3 Å². The number of benzene rings is 2. The summed E-state index contributed by atoms with van der Waals surface area (Å²) in [5.74, 6) is 0.484. The molecule has 3 aromatic rings. The van der Waals surface area contributed by atoms with Gasteiger partial charge in [-0.25, -0.2) is 17.2 Å². The van der Waals surface area contributed by atoms with Gasteiger partial charge in [-0.3, -0.25) is 4.79 Å². The molecular formula is C23H21F2N3O3S2. The lowest BCUT2D eigenvalue weighted by molar-refractivity contribution is 0.0997. The van der Waals surface area contributed by atoms with Crippen molar-refractivity contribution in [1.82, 2.24) is 8.87 Å². The predicted molar refractivity (Wildman–Crippen MR) is 122 cm³/mol. The molecular weight excluding hydrogens is 468 g/mol. The zero-order chi connectivity index (χ0) is 23.8. The number of hydrogen-bond donors (Lipinski definition) is 0. The van der Waals surface area contributed by atoms with Crippen molar-refractivity contribution in [3.8, 4) is 12.3 Å². The van der Waals surface area contributed by atoms with E-state index in [-0.39, 0.29) is 32.0 Å². The molecule has 0 radical (unpaired) electrons. The van der Waals surface area contributed by atoms with Crippen molar-refractivity contribution in [2.45, 2.75) is 31.2 Å². The fraction of sp³-hybridized carbons (Fsp3) is 0.304. The van der Waals surface area contributed by atoms with E-state index in [0.717, 1.165) is 36.3 Å². The Morgan fingerprint density at radius 2 is 2.00 bits per heavy atom. The van der Waals surface area contributed by atoms with Crippen molar-refractivity contribution in [3.63, 3.8) is 0 Å². The molecule has 1 atom stereocenters. The second-order valence-corrected chi connectivity index (χ2v) is 10.9. The molecule has 1 aliphatic rings. The van der Waals surface area contributed by atoms with E-state index >= 15 is 0 Å². The molecule has 0 bridgehead atoms. The topological polar surface area (TPSA) is 71.7 Å². The van der Waals surface area contributed by atoms with Gasteiger partial charge in [0.15, 0.2) is 10.6 Å². The summed E-state index contributed by atoms with van der Waals surface area (Å²) in [6.45, 7) is 2.91. The van der Waals surface area contributed by atoms with Gasteiger partial charge in [-0.05, 0) is 49.1 Å². The van der Waals surface area contributed by atoms with E-state index in [4.69, 9.17) is 6.42 Å². The smallest absolute Gasteiger partial charge is 0.279 e. The van der Waals surface area contributed by atoms with Crippen LogP contribution in [0.3, 0.4) is 0 Å². The summed E-state index contributed by atoms with van der Waals surface area (Å²) < 4.78 is 56.8. The molecule has 1 aliphatic heterocycles. The van der Waals surface area contributed by atoms with E-state index in [1.54, 1.807) is 0 Å². The van der Waals surface area contributed by atoms with Crippen LogP contribution in [-0.4, -0.2) is 36.3 Å². The van der Waals surface area contributed by atoms with Crippen LogP contribution in [0.1, 0.15) is 30.1 Å². The zero-order valence-electron chi connectivity index (χ0n) is 17.8. The fourth-order valence-electron chi connectivity index (χ4n) is 3.89. The number of halogens is 2. The highest BCUT2D eigenvalue weighted by Crippen LogP contribution is 2.24. The molecule has 1 fully saturated rings. The Labute approximate surface area is 194 Å². The summed E-state index contributed by atoms with van der Waals surface area (Å²) >= 11 is 0.939. The van der Waals surface area contributed by atoms with Crippen molar-refractivity contribution in [2.24, 2.45) is 10.9 Å². The Morgan fingerprint density at radius 1 is 1.27 bits per heavy atom. The van der Waals surface area contributed by atoms with Crippen LogP contribution >= 0.6 is 11.3 Å². The van der Waals surface area contributed by atoms with Crippen LogP contribution < -0.4 is 4.80 Å². The van der Waals surface area contributed by atoms with Gasteiger partial charge in [0.2, 0.25) is 10.0 Å². The van der Waals surface area contributed by atoms with Crippen LogP contribution in [0.5, 0.6) is 0 Å². The normalized spacial score (nSPS) is 17.9. The van der Waals surface area contributed by atoms with Gasteiger partial charge in [-0.15, -0.1) is 6.42 Å². The van der Waals surface area contributed by atoms with Gasteiger partial charge in [0.1, 0.15) is 5.82 Å². The third-order valence-electron chi connectivity index (χ3n) is 5.50. The number of aromatic nitrogens is 1. The molecule has 0 spiro atoms. The van der Waals surface area contributed by atoms with E-state index < -0.39 is 27.6 Å². The molecule has 172 valence electrons. The van der Waals surface area contributed by atoms with Crippen molar-refractivity contribution in [1.29, 1.82) is 0 Å². The van der Waals surface area contributed by atoms with E-state index in [0.29, 0.717) is 19.0 Å². The maximum atomic E-state index is 14.3. The lowest BCUT2D eigenvalue weighted by atomic mass is 10.0. The third kappa shape index (κ3) is 4.62. The van der Waals surface area contributed by atoms with Gasteiger partial charge < -0.3 is 4.57 Å². The summed E-state index contributed by atoms with van der Waals surface area (Å²) in [5, 5.41) is 0. The van der Waals surface area contributed by atoms with Gasteiger partial charge in [-0.1, -0.05) is 24.2 Å². The Kier molecular flexibility index (Phi) is 6.47. The number of amides is 1. The molecule has 0 saturated carbocycles. The molecule has 1 amide bonds. The molecule has 1 aromatic heterocycles. The number of rotatable bonds is 4. The zero-order valence-corrected chi connectivity index (χ0v) is 19.4. The third-order valence-corrected chi connectivity index (χ3v) is 8.41. The maximum absolute atomic E-state index is 14.3. The second-order valence-electron chi connectivity index (χ2n) is 7.96. The second kappa shape index (κ2) is 9.17. The summed E-state index contributed by atoms with van der Waals surface area (Å²) in [6, 6.07) is 7.45. The molecule has 2 heterocycles. The standard InChI is InChI=1S/C23H21F2N3O3S2/c1-3-10-28-21-19(25)12-17(24)13-20(21)32-23(28)26-22(29)16-6-8-18(9-7-16)33(30,31)27-11-4-5-15(2)14-27/h1,6-9,12-13,15H,4-5,10-11,14H2,2H3. The van der Waals surface area contributed by atoms with E-state index in [9.17, 15) is 22.0 Å². The number of piperidine rings is 1. The first-order valence-corrected chi connectivity index (χ1v) is 12.6. The highest BCUT2D eigenvalue weighted by molar-refractivity contribution is 7.89. The Balaban J connectivity index is 1.67. The highest BCUT2D eigenvalue weighted by Gasteiger charge is 2.28. The summed E-state index contributed by atoms with van der Waals surface area (Å²) in [7, 11) is -3.65. The van der Waals surface area contributed by atoms with E-state index in [2.05, 4.69) is 10.9 Å². The van der Waals surface area contributed by atoms with Crippen LogP contribution in [0, 0.1) is 29.9 Å². The minimum absolute atomic E-state index is 0.0555. The highest BCUT2D eigenvalue weighted by atomic mass is 32.2. The first kappa shape index (κ1) is 23.3. The number of thiazole rings is 1. The molecule has 6 nitrogen and oxygen atoms in total. The fourth-order valence-corrected chi connectivity index (χ4v) is 6.55. The average Bonchev–Trinajstić information content (AvgIpc) is 3.11. The molecule has 33 heavy (non-hydrogen) atoms. The Bertz CT molecular complexity index is 1430. The first-order valence-electron chi connectivity index (χ1n) is 10.3. The quantitative estimate of drug-likeness (QED) is 0.524. The maximum Gasteiger partial charge on any atom is 0.279 e. The summed E-state index contributed by atoms with van der Waals surface area (Å²) in [4.78, 5) is 17.0. The van der Waals surface area contributed by atoms with Gasteiger partial charge in [0.25, 0.3) is 5.91 Å². The molecule has 1 saturated heterocycles. The van der Waals surface area contributed by atoms with Crippen molar-refractivity contribution >= 4 is 37.5 Å². The number of sulfonamides is 1. The van der Waals surface area contributed by atoms with Gasteiger partial charge in [0, 0.05) is 24.7 Å². The SMILES string of the molecule is C#CCn1c(=NC(=O)c2ccc(S(=O)(=O)N3CCCC(C)C3)cc2)sc2cc(F)cc(F)c21. The number of nitrogens with zero attached hydrogens (tertiary/aromatic N) is 3. The summed E-state index contributed by atoms with van der Waals surface area (Å²) in [6.07, 6.45) is 7.19. The lowest BCUT2D eigenvalue weighted by Gasteiger charge is -2.30. The van der Waals surface area contributed by atoms with Crippen LogP contribution in [-0.2, 0) is 16.6 Å². The number of hydrogen-bond acceptors (Lipinski definition) is 4. The van der Waals surface area contributed by atoms with E-state index in [1.165, 1.54) is 33.1 Å². The molecule has 1 unspecified atom stereocenters. The predicted octanol–water partition coefficient (Wildman–Crippen LogP) is 3.78. The minimum atomic E-state index is -3.65. The molecule has 0 aliphatic carbocycles. The Morgan fingerprint density at radius 3 is 2.67 bits per heavy atom. The van der Waals surface area contributed by atoms with Gasteiger partial charge in [0.05, 0.1) is 21.7 Å². The molecule has 10 heteroatoms. The van der Waals surface area contributed by atoms with Crippen LogP contribution in [0.25, 0.3) is 10.2 Å². The number of carbonyl (C=O) groups is 1. The number of terminal acetylenes is 1. The largest absolute Gasteiger partial charge is 0.302 e. The first-order chi connectivity index (χ1) is 15.7. The monoisotopic (exact) mass is 489 g/mol. The van der Waals surface area contributed by atoms with Gasteiger partial charge >= 0.3 is 0 Å². The Hall–Kier alpha value is -2.87. The minimum Gasteiger partial charge on any atom is -0.302 e. The van der Waals surface area contributed by atoms with Crippen LogP contribution in [0.2, 0.25) is 0 Å². The van der Waals surface area contributed by atoms with E-state index in [1.807, 2.05) is 6.92 Å². The average molecular weight is 490 g/mol. The molecule has 4 rings (SSSR count). The molecule has 2 aromatic carbocycles. The van der Waals surface area contributed by atoms with Crippen molar-refractivity contribution in [3.05, 3.63) is 58.4 Å². The number of carbonyl (C=O) groups excluding carboxylic acids is 1. The van der Waals surface area contributed by atoms with Crippen molar-refractivity contribution < 1.29 is 22.0 Å². The molecule has 0 N–H and O–H groups in total. The summed E-state index contributed by atoms with van der Waals surface area (Å²) in [5.41, 5.74) is 0.237. The van der Waals surface area contributed by atoms with Gasteiger partial charge in [-0.2, -0.15) is 9.30 Å². The number of fused-ring (bicyclic) bond motifs is 1.